The van der Waals surface area contributed by atoms with Gasteiger partial charge >= 0.3 is 5.97 Å². The van der Waals surface area contributed by atoms with Gasteiger partial charge in [0, 0.05) is 22.8 Å². The van der Waals surface area contributed by atoms with Crippen molar-refractivity contribution in [1.82, 2.24) is 25.5 Å². The van der Waals surface area contributed by atoms with Crippen molar-refractivity contribution < 1.29 is 9.53 Å². The molecule has 4 aromatic rings. The number of pyridine rings is 2. The number of benzene rings is 1. The van der Waals surface area contributed by atoms with Crippen LogP contribution < -0.4 is 5.32 Å². The molecule has 3 aromatic heterocycles. The molecule has 0 amide bonds. The maximum atomic E-state index is 12.6. The molecular weight excluding hydrogens is 414 g/mol. The van der Waals surface area contributed by atoms with Crippen molar-refractivity contribution in [1.29, 1.82) is 0 Å². The lowest BCUT2D eigenvalue weighted by Gasteiger charge is -2.22. The third-order valence-corrected chi connectivity index (χ3v) is 6.23. The number of carbonyl (C=O) groups excluding carboxylic acids is 1. The van der Waals surface area contributed by atoms with E-state index in [4.69, 9.17) is 4.74 Å². The third kappa shape index (κ3) is 4.78. The molecule has 4 heterocycles. The summed E-state index contributed by atoms with van der Waals surface area (Å²) in [6, 6.07) is 13.8. The number of aromatic amines is 1. The highest BCUT2D eigenvalue weighted by molar-refractivity contribution is 5.95. The predicted octanol–water partition coefficient (Wildman–Crippen LogP) is 4.54. The van der Waals surface area contributed by atoms with Crippen molar-refractivity contribution >= 4 is 16.9 Å². The van der Waals surface area contributed by atoms with E-state index < -0.39 is 0 Å². The molecule has 1 aromatic carbocycles. The second-order valence-electron chi connectivity index (χ2n) is 8.57. The van der Waals surface area contributed by atoms with Crippen LogP contribution in [0.5, 0.6) is 0 Å². The molecule has 0 atom stereocenters. The summed E-state index contributed by atoms with van der Waals surface area (Å²) in [7, 11) is 0. The monoisotopic (exact) mass is 441 g/mol. The van der Waals surface area contributed by atoms with Crippen molar-refractivity contribution in [2.75, 3.05) is 19.7 Å². The molecule has 1 aliphatic rings. The fourth-order valence-corrected chi connectivity index (χ4v) is 4.37. The maximum absolute atomic E-state index is 12.6. The normalized spacial score (nSPS) is 14.5. The van der Waals surface area contributed by atoms with Crippen LogP contribution in [0.25, 0.3) is 33.4 Å². The van der Waals surface area contributed by atoms with E-state index in [1.54, 1.807) is 12.4 Å². The fourth-order valence-electron chi connectivity index (χ4n) is 4.37. The average Bonchev–Trinajstić information content (AvgIpc) is 3.34. The van der Waals surface area contributed by atoms with Crippen LogP contribution in [-0.2, 0) is 4.74 Å². The molecule has 0 saturated carbocycles. The Kier molecular flexibility index (Phi) is 6.13. The van der Waals surface area contributed by atoms with Gasteiger partial charge in [-0.3, -0.25) is 15.1 Å². The average molecular weight is 442 g/mol. The van der Waals surface area contributed by atoms with Crippen molar-refractivity contribution in [3.8, 4) is 22.5 Å². The number of hydrogen-bond donors (Lipinski definition) is 2. The molecule has 0 radical (unpaired) electrons. The summed E-state index contributed by atoms with van der Waals surface area (Å²) >= 11 is 0. The Balaban J connectivity index is 1.35. The molecule has 1 aliphatic heterocycles. The Morgan fingerprint density at radius 1 is 1.12 bits per heavy atom. The van der Waals surface area contributed by atoms with Gasteiger partial charge in [0.2, 0.25) is 0 Å². The van der Waals surface area contributed by atoms with Gasteiger partial charge in [-0.2, -0.15) is 5.10 Å². The van der Waals surface area contributed by atoms with E-state index in [2.05, 4.69) is 25.5 Å². The number of esters is 1. The molecule has 0 aliphatic carbocycles. The van der Waals surface area contributed by atoms with Crippen LogP contribution in [0.1, 0.15) is 35.3 Å². The largest absolute Gasteiger partial charge is 0.462 e. The Morgan fingerprint density at radius 2 is 2.00 bits per heavy atom. The van der Waals surface area contributed by atoms with Crippen LogP contribution in [0.2, 0.25) is 0 Å². The number of H-pyrrole nitrogens is 1. The number of fused-ring (bicyclic) bond motifs is 1. The van der Waals surface area contributed by atoms with Gasteiger partial charge in [0.15, 0.2) is 0 Å². The van der Waals surface area contributed by atoms with Gasteiger partial charge in [0.1, 0.15) is 0 Å². The predicted molar refractivity (Wildman–Crippen MR) is 128 cm³/mol. The van der Waals surface area contributed by atoms with Gasteiger partial charge in [0.25, 0.3) is 0 Å². The molecule has 1 fully saturated rings. The van der Waals surface area contributed by atoms with Gasteiger partial charge in [-0.25, -0.2) is 4.79 Å². The van der Waals surface area contributed by atoms with E-state index >= 15 is 0 Å². The van der Waals surface area contributed by atoms with Crippen LogP contribution in [0, 0.1) is 12.8 Å². The Hall–Kier alpha value is -3.58. The minimum absolute atomic E-state index is 0.323. The summed E-state index contributed by atoms with van der Waals surface area (Å²) in [5, 5.41) is 11.6. The first-order valence-electron chi connectivity index (χ1n) is 11.4. The van der Waals surface area contributed by atoms with Crippen LogP contribution in [0.3, 0.4) is 0 Å². The van der Waals surface area contributed by atoms with E-state index in [0.717, 1.165) is 71.5 Å². The number of aromatic nitrogens is 4. The minimum Gasteiger partial charge on any atom is -0.462 e. The van der Waals surface area contributed by atoms with Gasteiger partial charge in [-0.1, -0.05) is 12.1 Å². The number of carbonyl (C=O) groups is 1. The summed E-state index contributed by atoms with van der Waals surface area (Å²) in [6.45, 7) is 4.51. The molecule has 0 bridgehead atoms. The molecule has 7 nitrogen and oxygen atoms in total. The number of piperidine rings is 1. The minimum atomic E-state index is -0.323. The fraction of sp³-hybridized carbons (Fsp3) is 0.308. The SMILES string of the molecule is Cc1cccc(-c2[nH]ncc2-c2ccc3ncc(C(=O)OCCC4CCNCC4)cc3c2)n1. The van der Waals surface area contributed by atoms with Crippen molar-refractivity contribution in [2.45, 2.75) is 26.2 Å². The van der Waals surface area contributed by atoms with E-state index in [1.807, 2.05) is 49.4 Å². The zero-order valence-corrected chi connectivity index (χ0v) is 18.7. The zero-order valence-electron chi connectivity index (χ0n) is 18.7. The highest BCUT2D eigenvalue weighted by atomic mass is 16.5. The molecular formula is C26H27N5O2. The molecule has 0 unspecified atom stereocenters. The second kappa shape index (κ2) is 9.50. The van der Waals surface area contributed by atoms with Gasteiger partial charge in [-0.15, -0.1) is 0 Å². The molecule has 168 valence electrons. The van der Waals surface area contributed by atoms with Crippen LogP contribution in [0.15, 0.2) is 54.9 Å². The highest BCUT2D eigenvalue weighted by Crippen LogP contribution is 2.31. The molecule has 2 N–H and O–H groups in total. The first-order valence-corrected chi connectivity index (χ1v) is 11.4. The number of nitrogens with zero attached hydrogens (tertiary/aromatic N) is 3. The van der Waals surface area contributed by atoms with Gasteiger partial charge < -0.3 is 10.1 Å². The summed E-state index contributed by atoms with van der Waals surface area (Å²) < 4.78 is 5.55. The highest BCUT2D eigenvalue weighted by Gasteiger charge is 2.16. The van der Waals surface area contributed by atoms with E-state index in [9.17, 15) is 4.79 Å². The molecule has 33 heavy (non-hydrogen) atoms. The Bertz CT molecular complexity index is 1280. The second-order valence-corrected chi connectivity index (χ2v) is 8.57. The van der Waals surface area contributed by atoms with Gasteiger partial charge in [-0.05, 0) is 81.1 Å². The van der Waals surface area contributed by atoms with Crippen LogP contribution >= 0.6 is 0 Å². The maximum Gasteiger partial charge on any atom is 0.339 e. The molecule has 7 heteroatoms. The van der Waals surface area contributed by atoms with Crippen molar-refractivity contribution in [2.24, 2.45) is 5.92 Å². The number of rotatable bonds is 6. The summed E-state index contributed by atoms with van der Waals surface area (Å²) in [4.78, 5) is 21.7. The standard InChI is InChI=1S/C26H27N5O2/c1-17-3-2-4-24(30-17)25-22(16-29-31-25)19-5-6-23-20(13-19)14-21(15-28-23)26(32)33-12-9-18-7-10-27-11-8-18/h2-6,13-16,18,27H,7-12H2,1H3,(H,29,31). The lowest BCUT2D eigenvalue weighted by Crippen LogP contribution is -2.28. The number of nitrogens with one attached hydrogen (secondary N) is 2. The quantitative estimate of drug-likeness (QED) is 0.427. The molecule has 1 saturated heterocycles. The van der Waals surface area contributed by atoms with Gasteiger partial charge in [0.05, 0.1) is 35.3 Å². The smallest absolute Gasteiger partial charge is 0.339 e. The van der Waals surface area contributed by atoms with Crippen LogP contribution in [0.4, 0.5) is 0 Å². The topological polar surface area (TPSA) is 92.8 Å². The summed E-state index contributed by atoms with van der Waals surface area (Å²) in [6.07, 6.45) is 6.59. The number of hydrogen-bond acceptors (Lipinski definition) is 6. The molecule has 0 spiro atoms. The number of ether oxygens (including phenoxy) is 1. The summed E-state index contributed by atoms with van der Waals surface area (Å²) in [5.74, 6) is 0.306. The number of aryl methyl sites for hydroxylation is 1. The Morgan fingerprint density at radius 3 is 2.85 bits per heavy atom. The van der Waals surface area contributed by atoms with E-state index in [-0.39, 0.29) is 5.97 Å². The summed E-state index contributed by atoms with van der Waals surface area (Å²) in [5.41, 5.74) is 5.87. The van der Waals surface area contributed by atoms with E-state index in [0.29, 0.717) is 18.1 Å². The van der Waals surface area contributed by atoms with Crippen molar-refractivity contribution in [3.05, 3.63) is 66.1 Å². The molecule has 5 rings (SSSR count). The zero-order chi connectivity index (χ0) is 22.6. The lowest BCUT2D eigenvalue weighted by atomic mass is 9.95. The Labute approximate surface area is 192 Å². The van der Waals surface area contributed by atoms with Crippen molar-refractivity contribution in [3.63, 3.8) is 0 Å². The third-order valence-electron chi connectivity index (χ3n) is 6.23. The first kappa shape index (κ1) is 21.3. The lowest BCUT2D eigenvalue weighted by molar-refractivity contribution is 0.0476. The van der Waals surface area contributed by atoms with E-state index in [1.165, 1.54) is 0 Å². The first-order chi connectivity index (χ1) is 16.2. The van der Waals surface area contributed by atoms with Crippen LogP contribution in [-0.4, -0.2) is 45.8 Å².